The number of hydrogen-bond acceptors (Lipinski definition) is 5. The molecule has 0 bridgehead atoms. The summed E-state index contributed by atoms with van der Waals surface area (Å²) in [7, 11) is 0. The molecule has 3 heterocycles. The van der Waals surface area contributed by atoms with Crippen LogP contribution in [0.3, 0.4) is 0 Å². The molecule has 108 valence electrons. The molecule has 1 atom stereocenters. The standard InChI is InChI=1S/C13H13N5O3/c19-12(8-1-2-10-11(5-8)15-16-14-10)17-3-4-18-9(6-17)7-21-13(18)20/h1-2,5,9H,3-4,6-7H2,(H,14,15,16)/t9-/m0/s1. The number of fused-ring (bicyclic) bond motifs is 2. The highest BCUT2D eigenvalue weighted by Gasteiger charge is 2.38. The van der Waals surface area contributed by atoms with E-state index < -0.39 is 0 Å². The van der Waals surface area contributed by atoms with Crippen molar-refractivity contribution in [2.24, 2.45) is 0 Å². The molecule has 2 aliphatic rings. The first-order chi connectivity index (χ1) is 10.2. The van der Waals surface area contributed by atoms with Gasteiger partial charge in [-0.1, -0.05) is 0 Å². The predicted molar refractivity (Wildman–Crippen MR) is 71.6 cm³/mol. The van der Waals surface area contributed by atoms with Gasteiger partial charge in [0.2, 0.25) is 0 Å². The Kier molecular flexibility index (Phi) is 2.56. The second kappa shape index (κ2) is 4.44. The van der Waals surface area contributed by atoms with Crippen LogP contribution < -0.4 is 0 Å². The average Bonchev–Trinajstić information content (AvgIpc) is 3.12. The molecular formula is C13H13N5O3. The zero-order valence-electron chi connectivity index (χ0n) is 11.2. The van der Waals surface area contributed by atoms with E-state index >= 15 is 0 Å². The molecule has 2 amide bonds. The van der Waals surface area contributed by atoms with Crippen LogP contribution in [0, 0.1) is 0 Å². The van der Waals surface area contributed by atoms with Crippen LogP contribution >= 0.6 is 0 Å². The molecule has 21 heavy (non-hydrogen) atoms. The molecule has 2 fully saturated rings. The fourth-order valence-corrected chi connectivity index (χ4v) is 2.83. The lowest BCUT2D eigenvalue weighted by Gasteiger charge is -2.35. The number of aromatic nitrogens is 3. The van der Waals surface area contributed by atoms with Crippen LogP contribution in [0.25, 0.3) is 11.0 Å². The minimum Gasteiger partial charge on any atom is -0.447 e. The fraction of sp³-hybridized carbons (Fsp3) is 0.385. The maximum absolute atomic E-state index is 12.6. The molecule has 1 aromatic carbocycles. The van der Waals surface area contributed by atoms with Crippen molar-refractivity contribution in [2.75, 3.05) is 26.2 Å². The molecule has 2 saturated heterocycles. The summed E-state index contributed by atoms with van der Waals surface area (Å²) in [6.07, 6.45) is -0.281. The molecule has 2 aliphatic heterocycles. The Balaban J connectivity index is 1.56. The van der Waals surface area contributed by atoms with Crippen LogP contribution in [0.1, 0.15) is 10.4 Å². The van der Waals surface area contributed by atoms with E-state index in [4.69, 9.17) is 4.74 Å². The van der Waals surface area contributed by atoms with Gasteiger partial charge in [0.05, 0.1) is 6.04 Å². The smallest absolute Gasteiger partial charge is 0.410 e. The monoisotopic (exact) mass is 287 g/mol. The summed E-state index contributed by atoms with van der Waals surface area (Å²) in [5, 5.41) is 10.5. The Morgan fingerprint density at radius 3 is 3.05 bits per heavy atom. The lowest BCUT2D eigenvalue weighted by Crippen LogP contribution is -2.53. The maximum atomic E-state index is 12.6. The number of rotatable bonds is 1. The number of carbonyl (C=O) groups excluding carboxylic acids is 2. The van der Waals surface area contributed by atoms with Crippen LogP contribution in [0.4, 0.5) is 4.79 Å². The number of piperazine rings is 1. The third kappa shape index (κ3) is 1.91. The molecule has 0 radical (unpaired) electrons. The van der Waals surface area contributed by atoms with E-state index in [0.717, 1.165) is 5.52 Å². The van der Waals surface area contributed by atoms with Crippen molar-refractivity contribution >= 4 is 23.0 Å². The quantitative estimate of drug-likeness (QED) is 0.811. The van der Waals surface area contributed by atoms with Gasteiger partial charge in [0, 0.05) is 25.2 Å². The highest BCUT2D eigenvalue weighted by atomic mass is 16.6. The fourth-order valence-electron chi connectivity index (χ4n) is 2.83. The van der Waals surface area contributed by atoms with Crippen molar-refractivity contribution in [3.8, 4) is 0 Å². The molecule has 4 rings (SSSR count). The number of amides is 2. The van der Waals surface area contributed by atoms with Crippen molar-refractivity contribution in [3.63, 3.8) is 0 Å². The molecule has 8 nitrogen and oxygen atoms in total. The molecule has 1 aromatic heterocycles. The summed E-state index contributed by atoms with van der Waals surface area (Å²) in [5.74, 6) is -0.0566. The molecule has 0 aliphatic carbocycles. The second-order valence-electron chi connectivity index (χ2n) is 5.20. The topological polar surface area (TPSA) is 91.4 Å². The zero-order valence-corrected chi connectivity index (χ0v) is 11.2. The van der Waals surface area contributed by atoms with Crippen molar-refractivity contribution in [3.05, 3.63) is 23.8 Å². The van der Waals surface area contributed by atoms with Crippen LogP contribution in [0.15, 0.2) is 18.2 Å². The molecule has 2 aromatic rings. The minimum absolute atomic E-state index is 0.0361. The summed E-state index contributed by atoms with van der Waals surface area (Å²) < 4.78 is 5.01. The van der Waals surface area contributed by atoms with Gasteiger partial charge in [-0.05, 0) is 18.2 Å². The summed E-state index contributed by atoms with van der Waals surface area (Å²) in [6, 6.07) is 5.20. The first kappa shape index (κ1) is 12.1. The van der Waals surface area contributed by atoms with E-state index in [-0.39, 0.29) is 18.0 Å². The van der Waals surface area contributed by atoms with Gasteiger partial charge in [0.1, 0.15) is 17.6 Å². The molecule has 0 spiro atoms. The van der Waals surface area contributed by atoms with Gasteiger partial charge in [0.15, 0.2) is 0 Å². The summed E-state index contributed by atoms with van der Waals surface area (Å²) in [4.78, 5) is 27.5. The van der Waals surface area contributed by atoms with E-state index in [1.54, 1.807) is 28.0 Å². The Hall–Kier alpha value is -2.64. The van der Waals surface area contributed by atoms with Crippen LogP contribution in [-0.4, -0.2) is 69.5 Å². The van der Waals surface area contributed by atoms with Gasteiger partial charge < -0.3 is 9.64 Å². The third-order valence-corrected chi connectivity index (χ3v) is 3.97. The Morgan fingerprint density at radius 1 is 1.29 bits per heavy atom. The number of ether oxygens (including phenoxy) is 1. The second-order valence-corrected chi connectivity index (χ2v) is 5.20. The van der Waals surface area contributed by atoms with E-state index in [1.165, 1.54) is 0 Å². The molecule has 8 heteroatoms. The number of cyclic esters (lactones) is 1. The Bertz CT molecular complexity index is 727. The van der Waals surface area contributed by atoms with Crippen molar-refractivity contribution in [2.45, 2.75) is 6.04 Å². The summed E-state index contributed by atoms with van der Waals surface area (Å²) in [5.41, 5.74) is 1.97. The minimum atomic E-state index is -0.281. The van der Waals surface area contributed by atoms with E-state index in [0.29, 0.717) is 37.3 Å². The number of H-pyrrole nitrogens is 1. The van der Waals surface area contributed by atoms with Gasteiger partial charge in [-0.15, -0.1) is 0 Å². The number of nitrogens with one attached hydrogen (secondary N) is 1. The Labute approximate surface area is 119 Å². The van der Waals surface area contributed by atoms with Gasteiger partial charge in [0.25, 0.3) is 5.91 Å². The average molecular weight is 287 g/mol. The zero-order chi connectivity index (χ0) is 14.4. The Morgan fingerprint density at radius 2 is 2.14 bits per heavy atom. The summed E-state index contributed by atoms with van der Waals surface area (Å²) >= 11 is 0. The van der Waals surface area contributed by atoms with Crippen LogP contribution in [0.5, 0.6) is 0 Å². The largest absolute Gasteiger partial charge is 0.447 e. The van der Waals surface area contributed by atoms with Crippen molar-refractivity contribution in [1.82, 2.24) is 25.2 Å². The third-order valence-electron chi connectivity index (χ3n) is 3.97. The van der Waals surface area contributed by atoms with E-state index in [2.05, 4.69) is 15.4 Å². The lowest BCUT2D eigenvalue weighted by atomic mass is 10.1. The lowest BCUT2D eigenvalue weighted by molar-refractivity contribution is 0.0617. The highest BCUT2D eigenvalue weighted by molar-refractivity contribution is 5.97. The van der Waals surface area contributed by atoms with Gasteiger partial charge in [-0.25, -0.2) is 4.79 Å². The number of aromatic amines is 1. The number of nitrogens with zero attached hydrogens (tertiary/aromatic N) is 4. The summed E-state index contributed by atoms with van der Waals surface area (Å²) in [6.45, 7) is 1.88. The number of carbonyl (C=O) groups is 2. The number of hydrogen-bond donors (Lipinski definition) is 1. The molecule has 0 saturated carbocycles. The van der Waals surface area contributed by atoms with Gasteiger partial charge >= 0.3 is 6.09 Å². The number of benzene rings is 1. The molecular weight excluding hydrogens is 274 g/mol. The van der Waals surface area contributed by atoms with E-state index in [1.807, 2.05) is 0 Å². The van der Waals surface area contributed by atoms with Crippen molar-refractivity contribution in [1.29, 1.82) is 0 Å². The predicted octanol–water partition coefficient (Wildman–Crippen LogP) is 0.234. The highest BCUT2D eigenvalue weighted by Crippen LogP contribution is 2.20. The normalized spacial score (nSPS) is 21.5. The van der Waals surface area contributed by atoms with Crippen molar-refractivity contribution < 1.29 is 14.3 Å². The molecule has 1 N–H and O–H groups in total. The first-order valence-corrected chi connectivity index (χ1v) is 6.75. The van der Waals surface area contributed by atoms with Crippen LogP contribution in [0.2, 0.25) is 0 Å². The van der Waals surface area contributed by atoms with Crippen LogP contribution in [-0.2, 0) is 4.74 Å². The first-order valence-electron chi connectivity index (χ1n) is 6.75. The van der Waals surface area contributed by atoms with Gasteiger partial charge in [-0.2, -0.15) is 15.4 Å². The van der Waals surface area contributed by atoms with E-state index in [9.17, 15) is 9.59 Å². The van der Waals surface area contributed by atoms with Gasteiger partial charge in [-0.3, -0.25) is 9.69 Å². The maximum Gasteiger partial charge on any atom is 0.410 e. The molecule has 0 unspecified atom stereocenters. The SMILES string of the molecule is O=C(c1ccc2n[nH]nc2c1)N1CCN2C(=O)OC[C@@H]2C1.